The van der Waals surface area contributed by atoms with Crippen molar-refractivity contribution < 1.29 is 0 Å². The van der Waals surface area contributed by atoms with Crippen LogP contribution in [-0.2, 0) is 0 Å². The summed E-state index contributed by atoms with van der Waals surface area (Å²) in [7, 11) is 0. The first-order valence-electron chi connectivity index (χ1n) is 31.9. The van der Waals surface area contributed by atoms with Gasteiger partial charge in [-0.1, -0.05) is 164 Å². The molecule has 0 aliphatic heterocycles. The van der Waals surface area contributed by atoms with Crippen molar-refractivity contribution >= 4 is 98.0 Å². The molecule has 0 bridgehead atoms. The highest BCUT2D eigenvalue weighted by Gasteiger charge is 2.16. The van der Waals surface area contributed by atoms with Gasteiger partial charge in [-0.25, -0.2) is 24.9 Å². The molecule has 10 nitrogen and oxygen atoms in total. The van der Waals surface area contributed by atoms with Crippen molar-refractivity contribution in [2.24, 2.45) is 0 Å². The van der Waals surface area contributed by atoms with Crippen LogP contribution < -0.4 is 0 Å². The van der Waals surface area contributed by atoms with E-state index in [9.17, 15) is 0 Å². The van der Waals surface area contributed by atoms with E-state index in [2.05, 4.69) is 249 Å². The molecule has 446 valence electrons. The van der Waals surface area contributed by atoms with E-state index in [-0.39, 0.29) is 0 Å². The van der Waals surface area contributed by atoms with Crippen LogP contribution in [0.3, 0.4) is 0 Å². The van der Waals surface area contributed by atoms with Gasteiger partial charge in [-0.15, -0.1) is 0 Å². The molecular weight excluding hydrogens is 1170 g/mol. The van der Waals surface area contributed by atoms with E-state index in [1.165, 1.54) is 0 Å². The van der Waals surface area contributed by atoms with Crippen molar-refractivity contribution in [1.82, 2.24) is 49.8 Å². The molecule has 0 unspecified atom stereocenters. The first kappa shape index (κ1) is 55.6. The smallest absolute Gasteiger partial charge is 0.0972 e. The number of aromatic nitrogens is 10. The highest BCUT2D eigenvalue weighted by molar-refractivity contribution is 6.09. The Hall–Kier alpha value is -13.2. The Morgan fingerprint density at radius 3 is 1.07 bits per heavy atom. The van der Waals surface area contributed by atoms with E-state index in [1.54, 1.807) is 12.4 Å². The van der Waals surface area contributed by atoms with Crippen molar-refractivity contribution in [1.29, 1.82) is 0 Å². The fourth-order valence-electron chi connectivity index (χ4n) is 13.3. The van der Waals surface area contributed by atoms with E-state index in [4.69, 9.17) is 24.9 Å². The van der Waals surface area contributed by atoms with Gasteiger partial charge >= 0.3 is 0 Å². The van der Waals surface area contributed by atoms with Crippen molar-refractivity contribution in [3.05, 3.63) is 316 Å². The molecule has 0 N–H and O–H groups in total. The molecule has 10 heteroatoms. The van der Waals surface area contributed by atoms with Crippen LogP contribution in [0, 0.1) is 0 Å². The number of hydrogen-bond acceptors (Lipinski definition) is 10. The maximum atomic E-state index is 5.16. The highest BCUT2D eigenvalue weighted by Crippen LogP contribution is 2.39. The normalized spacial score (nSPS) is 11.5. The summed E-state index contributed by atoms with van der Waals surface area (Å²) in [5.41, 5.74) is 23.9. The molecule has 0 amide bonds. The van der Waals surface area contributed by atoms with E-state index in [0.29, 0.717) is 0 Å². The first-order chi connectivity index (χ1) is 47.5. The monoisotopic (exact) mass is 1220 g/mol. The average molecular weight is 1230 g/mol. The summed E-state index contributed by atoms with van der Waals surface area (Å²) in [6.07, 6.45) is 9.11. The fraction of sp³-hybridized carbons (Fsp3) is 0. The van der Waals surface area contributed by atoms with Crippen molar-refractivity contribution in [3.8, 4) is 89.9 Å². The van der Waals surface area contributed by atoms with Gasteiger partial charge in [0.05, 0.1) is 84.0 Å². The van der Waals surface area contributed by atoms with Crippen molar-refractivity contribution in [3.63, 3.8) is 0 Å². The number of pyridine rings is 10. The minimum absolute atomic E-state index is 0.873. The zero-order chi connectivity index (χ0) is 63.5. The zero-order valence-electron chi connectivity index (χ0n) is 51.5. The topological polar surface area (TPSA) is 129 Å². The minimum Gasteiger partial charge on any atom is -0.255 e. The van der Waals surface area contributed by atoms with E-state index in [1.807, 2.05) is 79.3 Å². The quantitative estimate of drug-likeness (QED) is 0.136. The molecule has 0 saturated carbocycles. The highest BCUT2D eigenvalue weighted by atomic mass is 14.8. The zero-order valence-corrected chi connectivity index (χ0v) is 51.5. The second kappa shape index (κ2) is 23.5. The molecule has 10 aromatic heterocycles. The van der Waals surface area contributed by atoms with Gasteiger partial charge < -0.3 is 0 Å². The third-order valence-corrected chi connectivity index (χ3v) is 18.2. The summed E-state index contributed by atoms with van der Waals surface area (Å²) in [5.74, 6) is 0. The van der Waals surface area contributed by atoms with Gasteiger partial charge in [-0.3, -0.25) is 24.9 Å². The number of fused-ring (bicyclic) bond motifs is 11. The van der Waals surface area contributed by atoms with Gasteiger partial charge in [0.25, 0.3) is 0 Å². The van der Waals surface area contributed by atoms with E-state index >= 15 is 0 Å². The molecule has 0 fully saturated rings. The molecule has 0 saturated heterocycles. The summed E-state index contributed by atoms with van der Waals surface area (Å²) in [5, 5.41) is 11.0. The molecule has 0 atom stereocenters. The van der Waals surface area contributed by atoms with Gasteiger partial charge in [0, 0.05) is 90.8 Å². The Kier molecular flexibility index (Phi) is 13.6. The van der Waals surface area contributed by atoms with Gasteiger partial charge in [-0.05, 0) is 165 Å². The van der Waals surface area contributed by atoms with Crippen LogP contribution in [-0.4, -0.2) is 49.8 Å². The Morgan fingerprint density at radius 1 is 0.167 bits per heavy atom. The maximum Gasteiger partial charge on any atom is 0.0972 e. The largest absolute Gasteiger partial charge is 0.255 e. The van der Waals surface area contributed by atoms with Crippen LogP contribution in [0.5, 0.6) is 0 Å². The molecule has 0 radical (unpaired) electrons. The number of rotatable bonds is 8. The number of benzene rings is 9. The van der Waals surface area contributed by atoms with Crippen LogP contribution in [0.25, 0.3) is 188 Å². The first-order valence-corrected chi connectivity index (χ1v) is 31.9. The van der Waals surface area contributed by atoms with Crippen LogP contribution in [0.15, 0.2) is 316 Å². The standard InChI is InChI=1S/C45H27N5.C41H25N5/c1-2-8-35-34(7-1)36(17-18-37(35)41-21-12-29-11-10-28-6-5-25-47-44(28)45(29)50-41)40-22-15-32-26-30(13-19-38(32)48-40)31-14-20-39-33(27-31)16-23-43(49-39)42-9-3-4-24-46-42;1-2-21-42-38(5-1)39-19-14-32-25-30(12-17-37(32)46-39)29-11-16-36-31(24-29)13-18-35(45-36)27-8-6-26(7-9-27)33-20-23-44-41-34(33)15-10-28-4-3-22-43-40(28)41/h1-27H;1-25H. The number of nitrogens with zero attached hydrogens (tertiary/aromatic N) is 10. The lowest BCUT2D eigenvalue weighted by Crippen LogP contribution is -1.92. The Labute approximate surface area is 550 Å². The summed E-state index contributed by atoms with van der Waals surface area (Å²) in [6, 6.07) is 98.8. The average Bonchev–Trinajstić information content (AvgIpc) is 0.795. The SMILES string of the molecule is c1ccc(-c2ccc3cc(-c4ccc5nc(-c6ccc(-c7ccc8ccc9cccnc9c8n7)c7ccccc67)ccc5c4)ccc3n2)nc1.c1ccc(-c2ccc3cc(-c4ccc5nc(-c6ccc(-c7ccnc8c7ccc7cccnc78)cc6)ccc5c4)ccc3n2)nc1. The lowest BCUT2D eigenvalue weighted by atomic mass is 9.95. The van der Waals surface area contributed by atoms with E-state index < -0.39 is 0 Å². The van der Waals surface area contributed by atoms with Crippen LogP contribution in [0.1, 0.15) is 0 Å². The maximum absolute atomic E-state index is 5.16. The Balaban J connectivity index is 0.000000141. The molecule has 10 heterocycles. The molecule has 96 heavy (non-hydrogen) atoms. The van der Waals surface area contributed by atoms with Gasteiger partial charge in [0.1, 0.15) is 0 Å². The summed E-state index contributed by atoms with van der Waals surface area (Å²) >= 11 is 0. The predicted octanol–water partition coefficient (Wildman–Crippen LogP) is 21.0. The van der Waals surface area contributed by atoms with Gasteiger partial charge in [0.2, 0.25) is 0 Å². The second-order valence-electron chi connectivity index (χ2n) is 23.9. The van der Waals surface area contributed by atoms with Crippen LogP contribution in [0.2, 0.25) is 0 Å². The summed E-state index contributed by atoms with van der Waals surface area (Å²) < 4.78 is 0. The molecule has 19 aromatic rings. The Bertz CT molecular complexity index is 6280. The predicted molar refractivity (Wildman–Crippen MR) is 392 cm³/mol. The number of hydrogen-bond donors (Lipinski definition) is 0. The van der Waals surface area contributed by atoms with E-state index in [0.717, 1.165) is 188 Å². The Morgan fingerprint density at radius 2 is 0.552 bits per heavy atom. The molecule has 0 aliphatic carbocycles. The summed E-state index contributed by atoms with van der Waals surface area (Å²) in [4.78, 5) is 47.8. The molecule has 9 aromatic carbocycles. The third-order valence-electron chi connectivity index (χ3n) is 18.2. The van der Waals surface area contributed by atoms with Crippen LogP contribution in [0.4, 0.5) is 0 Å². The molecular formula is C86H52N10. The van der Waals surface area contributed by atoms with Crippen molar-refractivity contribution in [2.75, 3.05) is 0 Å². The van der Waals surface area contributed by atoms with Crippen molar-refractivity contribution in [2.45, 2.75) is 0 Å². The molecule has 0 spiro atoms. The van der Waals surface area contributed by atoms with Crippen LogP contribution >= 0.6 is 0 Å². The lowest BCUT2D eigenvalue weighted by Gasteiger charge is -2.13. The summed E-state index contributed by atoms with van der Waals surface area (Å²) in [6.45, 7) is 0. The van der Waals surface area contributed by atoms with Gasteiger partial charge in [-0.2, -0.15) is 0 Å². The molecule has 0 aliphatic rings. The third kappa shape index (κ3) is 10.3. The molecule has 19 rings (SSSR count). The van der Waals surface area contributed by atoms with Gasteiger partial charge in [0.15, 0.2) is 0 Å². The second-order valence-corrected chi connectivity index (χ2v) is 23.9. The fourth-order valence-corrected chi connectivity index (χ4v) is 13.3. The minimum atomic E-state index is 0.873. The lowest BCUT2D eigenvalue weighted by molar-refractivity contribution is 1.28.